The van der Waals surface area contributed by atoms with E-state index in [1.165, 1.54) is 6.07 Å². The summed E-state index contributed by atoms with van der Waals surface area (Å²) in [4.78, 5) is 7.78. The van der Waals surface area contributed by atoms with Gasteiger partial charge < -0.3 is 9.73 Å². The lowest BCUT2D eigenvalue weighted by Gasteiger charge is -2.35. The number of oxazole rings is 1. The van der Waals surface area contributed by atoms with E-state index in [1.54, 1.807) is 29.7 Å². The van der Waals surface area contributed by atoms with E-state index in [1.807, 2.05) is 23.6 Å². The Kier molecular flexibility index (Phi) is 4.42. The Morgan fingerprint density at radius 2 is 2.29 bits per heavy atom. The minimum Gasteiger partial charge on any atom is -0.438 e. The predicted molar refractivity (Wildman–Crippen MR) is 92.2 cm³/mol. The van der Waals surface area contributed by atoms with Crippen LogP contribution in [0.1, 0.15) is 17.5 Å². The van der Waals surface area contributed by atoms with Gasteiger partial charge in [-0.05, 0) is 29.1 Å². The van der Waals surface area contributed by atoms with Crippen LogP contribution >= 0.6 is 11.3 Å². The van der Waals surface area contributed by atoms with Gasteiger partial charge in [-0.1, -0.05) is 18.2 Å². The maximum Gasteiger partial charge on any atom is 0.209 e. The first-order valence-corrected chi connectivity index (χ1v) is 8.86. The van der Waals surface area contributed by atoms with E-state index < -0.39 is 0 Å². The van der Waals surface area contributed by atoms with Crippen LogP contribution in [-0.4, -0.2) is 29.5 Å². The van der Waals surface area contributed by atoms with E-state index in [-0.39, 0.29) is 11.9 Å². The number of hydrogen-bond acceptors (Lipinski definition) is 5. The molecule has 3 heterocycles. The van der Waals surface area contributed by atoms with Crippen molar-refractivity contribution in [2.45, 2.75) is 12.6 Å². The molecule has 24 heavy (non-hydrogen) atoms. The van der Waals surface area contributed by atoms with Crippen molar-refractivity contribution >= 4 is 11.3 Å². The van der Waals surface area contributed by atoms with Gasteiger partial charge >= 0.3 is 0 Å². The standard InChI is InChI=1S/C18H18FN3OS/c19-14-4-1-3-13(9-14)15-10-20-6-7-22(15)12-18-21-11-16(23-18)17-5-2-8-24-17/h1-5,8-9,11,15,20H,6-7,10,12H2. The van der Waals surface area contributed by atoms with Crippen molar-refractivity contribution < 1.29 is 8.81 Å². The average molecular weight is 343 g/mol. The van der Waals surface area contributed by atoms with Gasteiger partial charge in [-0.3, -0.25) is 4.90 Å². The smallest absolute Gasteiger partial charge is 0.209 e. The fourth-order valence-electron chi connectivity index (χ4n) is 3.07. The molecule has 2 aromatic heterocycles. The minimum atomic E-state index is -0.200. The summed E-state index contributed by atoms with van der Waals surface area (Å²) < 4.78 is 19.5. The number of benzene rings is 1. The Labute approximate surface area is 143 Å². The van der Waals surface area contributed by atoms with E-state index in [4.69, 9.17) is 4.42 Å². The first-order valence-electron chi connectivity index (χ1n) is 7.98. The zero-order chi connectivity index (χ0) is 16.4. The highest BCUT2D eigenvalue weighted by Crippen LogP contribution is 2.28. The topological polar surface area (TPSA) is 41.3 Å². The molecule has 1 atom stereocenters. The van der Waals surface area contributed by atoms with E-state index in [0.29, 0.717) is 12.4 Å². The summed E-state index contributed by atoms with van der Waals surface area (Å²) in [6.45, 7) is 3.19. The SMILES string of the molecule is Fc1cccc(C2CNCCN2Cc2ncc(-c3cccs3)o2)c1. The second-order valence-corrected chi connectivity index (χ2v) is 6.79. The van der Waals surface area contributed by atoms with Crippen LogP contribution in [0.2, 0.25) is 0 Å². The summed E-state index contributed by atoms with van der Waals surface area (Å²) in [5.41, 5.74) is 0.979. The fraction of sp³-hybridized carbons (Fsp3) is 0.278. The summed E-state index contributed by atoms with van der Waals surface area (Å²) in [6, 6.07) is 11.0. The molecule has 1 saturated heterocycles. The van der Waals surface area contributed by atoms with Gasteiger partial charge in [-0.15, -0.1) is 11.3 Å². The number of piperazine rings is 1. The molecular formula is C18H18FN3OS. The number of halogens is 1. The van der Waals surface area contributed by atoms with Crippen molar-refractivity contribution in [1.29, 1.82) is 0 Å². The number of thiophene rings is 1. The van der Waals surface area contributed by atoms with E-state index in [9.17, 15) is 4.39 Å². The van der Waals surface area contributed by atoms with Crippen LogP contribution in [0, 0.1) is 5.82 Å². The Hall–Kier alpha value is -2.02. The molecule has 0 spiro atoms. The van der Waals surface area contributed by atoms with Gasteiger partial charge in [0.1, 0.15) is 5.82 Å². The molecule has 0 saturated carbocycles. The lowest BCUT2D eigenvalue weighted by Crippen LogP contribution is -2.45. The molecule has 1 N–H and O–H groups in total. The molecule has 124 valence electrons. The molecular weight excluding hydrogens is 325 g/mol. The number of aromatic nitrogens is 1. The molecule has 1 aliphatic heterocycles. The summed E-state index contributed by atoms with van der Waals surface area (Å²) in [7, 11) is 0. The molecule has 0 radical (unpaired) electrons. The lowest BCUT2D eigenvalue weighted by atomic mass is 10.0. The van der Waals surface area contributed by atoms with Crippen LogP contribution in [0.15, 0.2) is 52.4 Å². The molecule has 0 bridgehead atoms. The highest BCUT2D eigenvalue weighted by molar-refractivity contribution is 7.13. The molecule has 3 aromatic rings. The molecule has 0 amide bonds. The van der Waals surface area contributed by atoms with Crippen molar-refractivity contribution in [3.05, 3.63) is 65.2 Å². The highest BCUT2D eigenvalue weighted by atomic mass is 32.1. The Morgan fingerprint density at radius 3 is 3.12 bits per heavy atom. The third kappa shape index (κ3) is 3.26. The molecule has 1 unspecified atom stereocenters. The van der Waals surface area contributed by atoms with Crippen LogP contribution in [0.3, 0.4) is 0 Å². The van der Waals surface area contributed by atoms with Crippen LogP contribution in [-0.2, 0) is 6.54 Å². The summed E-state index contributed by atoms with van der Waals surface area (Å²) in [5.74, 6) is 1.30. The first kappa shape index (κ1) is 15.5. The molecule has 4 nitrogen and oxygen atoms in total. The molecule has 6 heteroatoms. The normalized spacial score (nSPS) is 18.8. The number of nitrogens with zero attached hydrogens (tertiary/aromatic N) is 2. The first-order chi connectivity index (χ1) is 11.8. The summed E-state index contributed by atoms with van der Waals surface area (Å²) in [5, 5.41) is 5.40. The lowest BCUT2D eigenvalue weighted by molar-refractivity contribution is 0.140. The third-order valence-corrected chi connectivity index (χ3v) is 5.13. The van der Waals surface area contributed by atoms with Gasteiger partial charge in [-0.25, -0.2) is 9.37 Å². The number of rotatable bonds is 4. The number of hydrogen-bond donors (Lipinski definition) is 1. The maximum absolute atomic E-state index is 13.6. The quantitative estimate of drug-likeness (QED) is 0.784. The Bertz CT molecular complexity index is 802. The summed E-state index contributed by atoms with van der Waals surface area (Å²) in [6.07, 6.45) is 1.78. The van der Waals surface area contributed by atoms with Crippen molar-refractivity contribution in [3.63, 3.8) is 0 Å². The largest absolute Gasteiger partial charge is 0.438 e. The van der Waals surface area contributed by atoms with Crippen molar-refractivity contribution in [1.82, 2.24) is 15.2 Å². The second-order valence-electron chi connectivity index (χ2n) is 5.84. The average Bonchev–Trinajstić information content (AvgIpc) is 3.26. The van der Waals surface area contributed by atoms with E-state index in [0.717, 1.165) is 35.8 Å². The third-order valence-electron chi connectivity index (χ3n) is 4.24. The highest BCUT2D eigenvalue weighted by Gasteiger charge is 2.25. The van der Waals surface area contributed by atoms with Gasteiger partial charge in [0.05, 0.1) is 17.6 Å². The fourth-order valence-corrected chi connectivity index (χ4v) is 3.74. The van der Waals surface area contributed by atoms with E-state index >= 15 is 0 Å². The monoisotopic (exact) mass is 343 g/mol. The van der Waals surface area contributed by atoms with Gasteiger partial charge in [0.2, 0.25) is 5.89 Å². The van der Waals surface area contributed by atoms with E-state index in [2.05, 4.69) is 15.2 Å². The van der Waals surface area contributed by atoms with Gasteiger partial charge in [-0.2, -0.15) is 0 Å². The van der Waals surface area contributed by atoms with Crippen molar-refractivity contribution in [3.8, 4) is 10.6 Å². The molecule has 1 aromatic carbocycles. The Balaban J connectivity index is 1.53. The maximum atomic E-state index is 13.6. The van der Waals surface area contributed by atoms with Gasteiger partial charge in [0, 0.05) is 25.7 Å². The number of nitrogens with one attached hydrogen (secondary N) is 1. The van der Waals surface area contributed by atoms with Crippen molar-refractivity contribution in [2.24, 2.45) is 0 Å². The van der Waals surface area contributed by atoms with Crippen LogP contribution in [0.25, 0.3) is 10.6 Å². The molecule has 4 rings (SSSR count). The van der Waals surface area contributed by atoms with Gasteiger partial charge in [0.25, 0.3) is 0 Å². The minimum absolute atomic E-state index is 0.117. The second kappa shape index (κ2) is 6.84. The van der Waals surface area contributed by atoms with Crippen LogP contribution < -0.4 is 5.32 Å². The molecule has 1 aliphatic rings. The Morgan fingerprint density at radius 1 is 1.33 bits per heavy atom. The van der Waals surface area contributed by atoms with Crippen LogP contribution in [0.5, 0.6) is 0 Å². The molecule has 1 fully saturated rings. The van der Waals surface area contributed by atoms with Crippen molar-refractivity contribution in [2.75, 3.05) is 19.6 Å². The van der Waals surface area contributed by atoms with Crippen LogP contribution in [0.4, 0.5) is 4.39 Å². The molecule has 0 aliphatic carbocycles. The van der Waals surface area contributed by atoms with Gasteiger partial charge in [0.15, 0.2) is 5.76 Å². The zero-order valence-electron chi connectivity index (χ0n) is 13.1. The predicted octanol–water partition coefficient (Wildman–Crippen LogP) is 3.69. The zero-order valence-corrected chi connectivity index (χ0v) is 13.9. The summed E-state index contributed by atoms with van der Waals surface area (Å²) >= 11 is 1.64.